The molecule has 1 N–H and O–H groups in total. The number of nitrogens with one attached hydrogen (secondary N) is 1. The number of benzene rings is 2. The Labute approximate surface area is 207 Å². The lowest BCUT2D eigenvalue weighted by atomic mass is 9.86. The molecule has 1 aliphatic heterocycles. The van der Waals surface area contributed by atoms with Gasteiger partial charge in [-0.05, 0) is 28.7 Å². The summed E-state index contributed by atoms with van der Waals surface area (Å²) in [5.74, 6) is 0.613. The van der Waals surface area contributed by atoms with Gasteiger partial charge < -0.3 is 4.74 Å². The van der Waals surface area contributed by atoms with Crippen LogP contribution in [0.15, 0.2) is 52.9 Å². The molecule has 34 heavy (non-hydrogen) atoms. The average Bonchev–Trinajstić information content (AvgIpc) is 3.23. The molecule has 1 atom stereocenters. The summed E-state index contributed by atoms with van der Waals surface area (Å²) >= 11 is 2.79. The fourth-order valence-electron chi connectivity index (χ4n) is 3.39. The predicted octanol–water partition coefficient (Wildman–Crippen LogP) is 4.29. The molecule has 2 aromatic carbocycles. The van der Waals surface area contributed by atoms with Crippen molar-refractivity contribution >= 4 is 49.8 Å². The largest absolute Gasteiger partial charge is 0.476 e. The van der Waals surface area contributed by atoms with Gasteiger partial charge in [-0.2, -0.15) is 0 Å². The van der Waals surface area contributed by atoms with Gasteiger partial charge in [0.25, 0.3) is 5.91 Å². The van der Waals surface area contributed by atoms with Crippen molar-refractivity contribution in [1.29, 1.82) is 0 Å². The van der Waals surface area contributed by atoms with Crippen LogP contribution in [0.1, 0.15) is 31.9 Å². The standard InChI is InChI=1S/C23H26N4O4S3/c1-23(2,3)16-10-11-18-17(12-16)27(34(4,29)30)13-19(31-18)20(28)24-21-25-26-22(33-21)32-14-15-8-6-5-7-9-15/h5-12,19H,13-14H2,1-4H3,(H,24,25,28). The number of hydrogen-bond acceptors (Lipinski definition) is 8. The molecule has 0 saturated carbocycles. The molecule has 180 valence electrons. The third kappa shape index (κ3) is 5.70. The lowest BCUT2D eigenvalue weighted by molar-refractivity contribution is -0.122. The van der Waals surface area contributed by atoms with Crippen LogP contribution < -0.4 is 14.4 Å². The van der Waals surface area contributed by atoms with E-state index in [-0.39, 0.29) is 12.0 Å². The van der Waals surface area contributed by atoms with E-state index in [1.54, 1.807) is 6.07 Å². The quantitative estimate of drug-likeness (QED) is 0.384. The number of amides is 1. The van der Waals surface area contributed by atoms with E-state index in [0.717, 1.165) is 27.5 Å². The van der Waals surface area contributed by atoms with Crippen molar-refractivity contribution < 1.29 is 17.9 Å². The van der Waals surface area contributed by atoms with Crippen molar-refractivity contribution in [2.24, 2.45) is 0 Å². The van der Waals surface area contributed by atoms with Crippen LogP contribution in [0.5, 0.6) is 5.75 Å². The first-order valence-electron chi connectivity index (χ1n) is 10.6. The van der Waals surface area contributed by atoms with Crippen molar-refractivity contribution in [2.45, 2.75) is 42.4 Å². The maximum Gasteiger partial charge on any atom is 0.269 e. The second-order valence-corrected chi connectivity index (χ2v) is 13.1. The molecule has 1 aliphatic rings. The minimum atomic E-state index is -3.63. The Balaban J connectivity index is 1.47. The van der Waals surface area contributed by atoms with Crippen LogP contribution in [-0.4, -0.2) is 43.4 Å². The van der Waals surface area contributed by atoms with E-state index in [4.69, 9.17) is 4.74 Å². The van der Waals surface area contributed by atoms with Crippen LogP contribution in [0.4, 0.5) is 10.8 Å². The normalized spacial score (nSPS) is 16.0. The van der Waals surface area contributed by atoms with Gasteiger partial charge in [0, 0.05) is 5.75 Å². The van der Waals surface area contributed by atoms with Crippen LogP contribution in [0.3, 0.4) is 0 Å². The van der Waals surface area contributed by atoms with Crippen molar-refractivity contribution in [2.75, 3.05) is 22.4 Å². The first-order valence-corrected chi connectivity index (χ1v) is 14.3. The van der Waals surface area contributed by atoms with Crippen molar-refractivity contribution in [3.05, 3.63) is 59.7 Å². The Bertz CT molecular complexity index is 1290. The summed E-state index contributed by atoms with van der Waals surface area (Å²) in [6.45, 7) is 6.02. The number of hydrogen-bond donors (Lipinski definition) is 1. The summed E-state index contributed by atoms with van der Waals surface area (Å²) in [5, 5.41) is 11.2. The molecule has 0 spiro atoms. The van der Waals surface area contributed by atoms with Gasteiger partial charge >= 0.3 is 0 Å². The summed E-state index contributed by atoms with van der Waals surface area (Å²) in [7, 11) is -3.63. The topological polar surface area (TPSA) is 101 Å². The first kappa shape index (κ1) is 24.5. The highest BCUT2D eigenvalue weighted by molar-refractivity contribution is 8.00. The molecule has 0 bridgehead atoms. The van der Waals surface area contributed by atoms with Gasteiger partial charge in [0.15, 0.2) is 10.4 Å². The monoisotopic (exact) mass is 518 g/mol. The molecule has 11 heteroatoms. The zero-order valence-corrected chi connectivity index (χ0v) is 21.8. The lowest BCUT2D eigenvalue weighted by Crippen LogP contribution is -2.48. The highest BCUT2D eigenvalue weighted by Crippen LogP contribution is 2.39. The van der Waals surface area contributed by atoms with Crippen molar-refractivity contribution in [3.63, 3.8) is 0 Å². The molecule has 1 amide bonds. The van der Waals surface area contributed by atoms with Gasteiger partial charge in [0.05, 0.1) is 18.5 Å². The minimum Gasteiger partial charge on any atom is -0.476 e. The third-order valence-electron chi connectivity index (χ3n) is 5.23. The number of aromatic nitrogens is 2. The molecule has 0 radical (unpaired) electrons. The Morgan fingerprint density at radius 1 is 1.21 bits per heavy atom. The maximum absolute atomic E-state index is 12.9. The number of thioether (sulfide) groups is 1. The Kier molecular flexibility index (Phi) is 6.88. The highest BCUT2D eigenvalue weighted by atomic mass is 32.2. The Morgan fingerprint density at radius 2 is 1.94 bits per heavy atom. The fraction of sp³-hybridized carbons (Fsp3) is 0.348. The molecule has 0 saturated heterocycles. The summed E-state index contributed by atoms with van der Waals surface area (Å²) in [5.41, 5.74) is 2.41. The number of sulfonamides is 1. The number of nitrogens with zero attached hydrogens (tertiary/aromatic N) is 3. The number of carbonyl (C=O) groups is 1. The second kappa shape index (κ2) is 9.55. The molecule has 0 fully saturated rings. The molecule has 8 nitrogen and oxygen atoms in total. The van der Waals surface area contributed by atoms with Crippen molar-refractivity contribution in [1.82, 2.24) is 10.2 Å². The number of carbonyl (C=O) groups excluding carboxylic acids is 1. The molecule has 0 aliphatic carbocycles. The average molecular weight is 519 g/mol. The Hall–Kier alpha value is -2.63. The molecule has 1 aromatic heterocycles. The molecule has 2 heterocycles. The van der Waals surface area contributed by atoms with Gasteiger partial charge in [-0.15, -0.1) is 10.2 Å². The highest BCUT2D eigenvalue weighted by Gasteiger charge is 2.36. The number of ether oxygens (including phenoxy) is 1. The van der Waals surface area contributed by atoms with E-state index in [1.807, 2.05) is 63.2 Å². The van der Waals surface area contributed by atoms with Gasteiger partial charge in [0.1, 0.15) is 5.75 Å². The van der Waals surface area contributed by atoms with E-state index in [0.29, 0.717) is 16.6 Å². The molecular formula is C23H26N4O4S3. The maximum atomic E-state index is 12.9. The molecule has 1 unspecified atom stereocenters. The van der Waals surface area contributed by atoms with Gasteiger partial charge in [0.2, 0.25) is 15.2 Å². The summed E-state index contributed by atoms with van der Waals surface area (Å²) in [6.07, 6.45) is 0.106. The zero-order valence-electron chi connectivity index (χ0n) is 19.3. The SMILES string of the molecule is CC(C)(C)c1ccc2c(c1)N(S(C)(=O)=O)CC(C(=O)Nc1nnc(SCc3ccccc3)s1)O2. The van der Waals surface area contributed by atoms with Gasteiger partial charge in [-0.25, -0.2) is 8.42 Å². The van der Waals surface area contributed by atoms with Crippen LogP contribution in [0.2, 0.25) is 0 Å². The van der Waals surface area contributed by atoms with E-state index in [9.17, 15) is 13.2 Å². The molecular weight excluding hydrogens is 492 g/mol. The summed E-state index contributed by atoms with van der Waals surface area (Å²) in [6, 6.07) is 15.4. The second-order valence-electron chi connectivity index (χ2n) is 8.97. The van der Waals surface area contributed by atoms with Crippen LogP contribution in [0, 0.1) is 0 Å². The van der Waals surface area contributed by atoms with E-state index >= 15 is 0 Å². The van der Waals surface area contributed by atoms with E-state index in [1.165, 1.54) is 27.4 Å². The number of rotatable bonds is 6. The molecule has 4 rings (SSSR count). The molecule has 3 aromatic rings. The zero-order chi connectivity index (χ0) is 24.5. The van der Waals surface area contributed by atoms with E-state index < -0.39 is 22.0 Å². The number of anilines is 2. The number of fused-ring (bicyclic) bond motifs is 1. The van der Waals surface area contributed by atoms with Crippen LogP contribution in [-0.2, 0) is 26.0 Å². The Morgan fingerprint density at radius 3 is 2.62 bits per heavy atom. The van der Waals surface area contributed by atoms with Crippen LogP contribution >= 0.6 is 23.1 Å². The minimum absolute atomic E-state index is 0.125. The third-order valence-corrected chi connectivity index (χ3v) is 8.42. The van der Waals surface area contributed by atoms with Gasteiger partial charge in [-0.1, -0.05) is 80.3 Å². The fourth-order valence-corrected chi connectivity index (χ4v) is 6.01. The van der Waals surface area contributed by atoms with Crippen molar-refractivity contribution in [3.8, 4) is 5.75 Å². The van der Waals surface area contributed by atoms with E-state index in [2.05, 4.69) is 15.5 Å². The lowest BCUT2D eigenvalue weighted by Gasteiger charge is -2.35. The van der Waals surface area contributed by atoms with Crippen LogP contribution in [0.25, 0.3) is 0 Å². The summed E-state index contributed by atoms with van der Waals surface area (Å²) in [4.78, 5) is 12.9. The first-order chi connectivity index (χ1) is 16.0. The van der Waals surface area contributed by atoms with Gasteiger partial charge in [-0.3, -0.25) is 14.4 Å². The predicted molar refractivity (Wildman–Crippen MR) is 136 cm³/mol. The smallest absolute Gasteiger partial charge is 0.269 e. The summed E-state index contributed by atoms with van der Waals surface area (Å²) < 4.78 is 32.9.